The van der Waals surface area contributed by atoms with Crippen molar-refractivity contribution >= 4 is 11.4 Å². The minimum Gasteiger partial charge on any atom is -0.377 e. The van der Waals surface area contributed by atoms with Gasteiger partial charge in [0.2, 0.25) is 0 Å². The molecule has 2 heterocycles. The molecule has 0 saturated carbocycles. The van der Waals surface area contributed by atoms with Gasteiger partial charge in [-0.3, -0.25) is 4.99 Å². The van der Waals surface area contributed by atoms with E-state index in [1.807, 2.05) is 0 Å². The summed E-state index contributed by atoms with van der Waals surface area (Å²) < 4.78 is 5.66. The molecular formula is C19H20N2O. The predicted octanol–water partition coefficient (Wildman–Crippen LogP) is 3.05. The van der Waals surface area contributed by atoms with E-state index >= 15 is 0 Å². The van der Waals surface area contributed by atoms with Gasteiger partial charge in [-0.1, -0.05) is 42.0 Å². The van der Waals surface area contributed by atoms with Crippen LogP contribution in [0.4, 0.5) is 5.69 Å². The first kappa shape index (κ1) is 13.5. The first-order chi connectivity index (χ1) is 10.8. The third-order valence-electron chi connectivity index (χ3n) is 4.45. The predicted molar refractivity (Wildman–Crippen MR) is 90.1 cm³/mol. The molecule has 2 aliphatic heterocycles. The number of hydrogen-bond acceptors (Lipinski definition) is 3. The van der Waals surface area contributed by atoms with Crippen molar-refractivity contribution in [1.82, 2.24) is 0 Å². The maximum Gasteiger partial charge on any atom is 0.0740 e. The summed E-state index contributed by atoms with van der Waals surface area (Å²) in [5, 5.41) is 0. The molecule has 22 heavy (non-hydrogen) atoms. The van der Waals surface area contributed by atoms with Crippen LogP contribution >= 0.6 is 0 Å². The Morgan fingerprint density at radius 2 is 2.00 bits per heavy atom. The van der Waals surface area contributed by atoms with Crippen LogP contribution in [0.15, 0.2) is 53.5 Å². The molecule has 3 heteroatoms. The fourth-order valence-electron chi connectivity index (χ4n) is 3.34. The highest BCUT2D eigenvalue weighted by molar-refractivity contribution is 6.16. The Kier molecular flexibility index (Phi) is 3.43. The van der Waals surface area contributed by atoms with Crippen LogP contribution in [0.25, 0.3) is 0 Å². The van der Waals surface area contributed by atoms with Crippen molar-refractivity contribution in [2.75, 3.05) is 31.2 Å². The number of nitrogens with zero attached hydrogens (tertiary/aromatic N) is 2. The molecule has 3 nitrogen and oxygen atoms in total. The standard InChI is InChI=1S/C19H20N2O/c1-14-7-8-18-17(11-14)19(15-5-3-2-4-6-15)20-12-16-13-22-10-9-21(16)18/h2-8,11,16H,9-10,12-13H2,1H3. The van der Waals surface area contributed by atoms with Crippen molar-refractivity contribution < 1.29 is 4.74 Å². The van der Waals surface area contributed by atoms with Gasteiger partial charge in [0, 0.05) is 23.4 Å². The quantitative estimate of drug-likeness (QED) is 0.807. The second-order valence-electron chi connectivity index (χ2n) is 6.00. The summed E-state index contributed by atoms with van der Waals surface area (Å²) in [4.78, 5) is 7.43. The van der Waals surface area contributed by atoms with Gasteiger partial charge in [-0.2, -0.15) is 0 Å². The van der Waals surface area contributed by atoms with Gasteiger partial charge in [-0.25, -0.2) is 0 Å². The Bertz CT molecular complexity index is 709. The number of benzene rings is 2. The van der Waals surface area contributed by atoms with E-state index in [1.54, 1.807) is 0 Å². The third kappa shape index (κ3) is 2.32. The lowest BCUT2D eigenvalue weighted by Crippen LogP contribution is -2.47. The molecule has 0 aromatic heterocycles. The largest absolute Gasteiger partial charge is 0.377 e. The molecule has 2 aromatic rings. The van der Waals surface area contributed by atoms with E-state index in [1.165, 1.54) is 22.4 Å². The lowest BCUT2D eigenvalue weighted by atomic mass is 9.98. The first-order valence-corrected chi connectivity index (χ1v) is 7.88. The SMILES string of the molecule is Cc1ccc2c(c1)C(c1ccccc1)=NCC1COCCN21. The monoisotopic (exact) mass is 292 g/mol. The zero-order valence-corrected chi connectivity index (χ0v) is 12.8. The van der Waals surface area contributed by atoms with Gasteiger partial charge in [0.05, 0.1) is 31.5 Å². The van der Waals surface area contributed by atoms with Crippen LogP contribution in [0.3, 0.4) is 0 Å². The number of aryl methyl sites for hydroxylation is 1. The van der Waals surface area contributed by atoms with Crippen LogP contribution in [0.1, 0.15) is 16.7 Å². The summed E-state index contributed by atoms with van der Waals surface area (Å²) in [6.07, 6.45) is 0. The average molecular weight is 292 g/mol. The minimum atomic E-state index is 0.344. The van der Waals surface area contributed by atoms with Crippen molar-refractivity contribution in [2.24, 2.45) is 4.99 Å². The highest BCUT2D eigenvalue weighted by Crippen LogP contribution is 2.30. The van der Waals surface area contributed by atoms with Crippen LogP contribution in [0.2, 0.25) is 0 Å². The van der Waals surface area contributed by atoms with Gasteiger partial charge in [0.15, 0.2) is 0 Å². The second kappa shape index (κ2) is 5.58. The van der Waals surface area contributed by atoms with Gasteiger partial charge in [-0.05, 0) is 19.1 Å². The van der Waals surface area contributed by atoms with Crippen molar-refractivity contribution in [2.45, 2.75) is 13.0 Å². The lowest BCUT2D eigenvalue weighted by Gasteiger charge is -2.36. The van der Waals surface area contributed by atoms with Crippen molar-refractivity contribution in [1.29, 1.82) is 0 Å². The Labute approximate surface area is 131 Å². The molecule has 0 bridgehead atoms. The van der Waals surface area contributed by atoms with Crippen LogP contribution in [-0.2, 0) is 4.74 Å². The molecular weight excluding hydrogens is 272 g/mol. The Balaban J connectivity index is 1.88. The molecule has 1 unspecified atom stereocenters. The number of anilines is 1. The van der Waals surface area contributed by atoms with Crippen molar-refractivity contribution in [3.8, 4) is 0 Å². The van der Waals surface area contributed by atoms with Crippen LogP contribution in [0.5, 0.6) is 0 Å². The summed E-state index contributed by atoms with van der Waals surface area (Å²) in [5.74, 6) is 0. The molecule has 1 saturated heterocycles. The summed E-state index contributed by atoms with van der Waals surface area (Å²) >= 11 is 0. The van der Waals surface area contributed by atoms with E-state index in [4.69, 9.17) is 9.73 Å². The molecule has 4 rings (SSSR count). The van der Waals surface area contributed by atoms with Gasteiger partial charge in [0.1, 0.15) is 0 Å². The first-order valence-electron chi connectivity index (χ1n) is 7.88. The fourth-order valence-corrected chi connectivity index (χ4v) is 3.34. The summed E-state index contributed by atoms with van der Waals surface area (Å²) in [7, 11) is 0. The van der Waals surface area contributed by atoms with Gasteiger partial charge < -0.3 is 9.64 Å². The van der Waals surface area contributed by atoms with E-state index in [-0.39, 0.29) is 0 Å². The molecule has 0 N–H and O–H groups in total. The molecule has 0 radical (unpaired) electrons. The molecule has 1 atom stereocenters. The number of ether oxygens (including phenoxy) is 1. The molecule has 0 spiro atoms. The number of morpholine rings is 1. The van der Waals surface area contributed by atoms with E-state index in [0.29, 0.717) is 6.04 Å². The van der Waals surface area contributed by atoms with E-state index in [9.17, 15) is 0 Å². The van der Waals surface area contributed by atoms with Crippen molar-refractivity contribution in [3.63, 3.8) is 0 Å². The van der Waals surface area contributed by atoms with Crippen LogP contribution < -0.4 is 4.90 Å². The number of aliphatic imine (C=N–C) groups is 1. The Morgan fingerprint density at radius 3 is 2.86 bits per heavy atom. The second-order valence-corrected chi connectivity index (χ2v) is 6.00. The smallest absolute Gasteiger partial charge is 0.0740 e. The minimum absolute atomic E-state index is 0.344. The van der Waals surface area contributed by atoms with Gasteiger partial charge >= 0.3 is 0 Å². The molecule has 0 aliphatic carbocycles. The number of fused-ring (bicyclic) bond motifs is 3. The van der Waals surface area contributed by atoms with E-state index in [2.05, 4.69) is 60.4 Å². The average Bonchev–Trinajstić information content (AvgIpc) is 2.72. The zero-order chi connectivity index (χ0) is 14.9. The highest BCUT2D eigenvalue weighted by atomic mass is 16.5. The number of rotatable bonds is 1. The van der Waals surface area contributed by atoms with Crippen molar-refractivity contribution in [3.05, 3.63) is 65.2 Å². The normalized spacial score (nSPS) is 20.7. The van der Waals surface area contributed by atoms with Crippen LogP contribution in [-0.4, -0.2) is 38.1 Å². The van der Waals surface area contributed by atoms with Crippen LogP contribution in [0, 0.1) is 6.92 Å². The maximum absolute atomic E-state index is 5.66. The lowest BCUT2D eigenvalue weighted by molar-refractivity contribution is 0.0966. The zero-order valence-electron chi connectivity index (χ0n) is 12.8. The van der Waals surface area contributed by atoms with Gasteiger partial charge in [-0.15, -0.1) is 0 Å². The topological polar surface area (TPSA) is 24.8 Å². The molecule has 2 aromatic carbocycles. The molecule has 0 amide bonds. The highest BCUT2D eigenvalue weighted by Gasteiger charge is 2.29. The summed E-state index contributed by atoms with van der Waals surface area (Å²) in [5.41, 5.74) is 6.10. The summed E-state index contributed by atoms with van der Waals surface area (Å²) in [6, 6.07) is 17.5. The number of hydrogen-bond donors (Lipinski definition) is 0. The van der Waals surface area contributed by atoms with E-state index in [0.717, 1.165) is 32.0 Å². The molecule has 2 aliphatic rings. The fraction of sp³-hybridized carbons (Fsp3) is 0.316. The van der Waals surface area contributed by atoms with E-state index < -0.39 is 0 Å². The molecule has 1 fully saturated rings. The third-order valence-corrected chi connectivity index (χ3v) is 4.45. The summed E-state index contributed by atoms with van der Waals surface area (Å²) in [6.45, 7) is 5.43. The van der Waals surface area contributed by atoms with Gasteiger partial charge in [0.25, 0.3) is 0 Å². The maximum atomic E-state index is 5.66. The Morgan fingerprint density at radius 1 is 1.14 bits per heavy atom. The Hall–Kier alpha value is -2.13. The molecule has 112 valence electrons.